The van der Waals surface area contributed by atoms with Gasteiger partial charge in [0.25, 0.3) is 0 Å². The van der Waals surface area contributed by atoms with Gasteiger partial charge in [-0.1, -0.05) is 11.8 Å². The number of anilines is 1. The molecule has 190 valence electrons. The lowest BCUT2D eigenvalue weighted by Gasteiger charge is -2.20. The van der Waals surface area contributed by atoms with E-state index in [4.69, 9.17) is 19.6 Å². The second-order valence-corrected chi connectivity index (χ2v) is 12.0. The van der Waals surface area contributed by atoms with Crippen LogP contribution in [0.1, 0.15) is 27.2 Å². The highest BCUT2D eigenvalue weighted by atomic mass is 32.2. The number of nitrogens with one attached hydrogen (secondary N) is 1. The molecule has 1 aliphatic rings. The zero-order valence-electron chi connectivity index (χ0n) is 19.9. The fourth-order valence-corrected chi connectivity index (χ4v) is 6.36. The first-order chi connectivity index (χ1) is 17.1. The Labute approximate surface area is 211 Å². The van der Waals surface area contributed by atoms with Crippen LogP contribution in [0.5, 0.6) is 11.5 Å². The molecule has 0 aliphatic carbocycles. The largest absolute Gasteiger partial charge is 0.454 e. The summed E-state index contributed by atoms with van der Waals surface area (Å²) in [6.45, 7) is 5.88. The van der Waals surface area contributed by atoms with Gasteiger partial charge in [-0.3, -0.25) is 0 Å². The molecule has 0 unspecified atom stereocenters. The second-order valence-electron chi connectivity index (χ2n) is 9.14. The van der Waals surface area contributed by atoms with Gasteiger partial charge < -0.3 is 24.2 Å². The lowest BCUT2D eigenvalue weighted by Crippen LogP contribution is -2.41. The van der Waals surface area contributed by atoms with Gasteiger partial charge in [0.15, 0.2) is 33.6 Å². The predicted molar refractivity (Wildman–Crippen MR) is 133 cm³/mol. The average molecular weight is 532 g/mol. The Kier molecular flexibility index (Phi) is 6.26. The minimum Gasteiger partial charge on any atom is -0.454 e. The number of nitrogens with two attached hydrogens (primary N) is 1. The van der Waals surface area contributed by atoms with Crippen molar-refractivity contribution in [1.29, 1.82) is 0 Å². The van der Waals surface area contributed by atoms with Gasteiger partial charge in [0, 0.05) is 17.0 Å². The minimum absolute atomic E-state index is 0.0554. The molecule has 0 saturated carbocycles. The molecule has 0 bridgehead atoms. The summed E-state index contributed by atoms with van der Waals surface area (Å²) in [5.74, 6) is 1.78. The number of imidazole rings is 1. The van der Waals surface area contributed by atoms with Crippen molar-refractivity contribution in [2.75, 3.05) is 18.3 Å². The van der Waals surface area contributed by atoms with Crippen molar-refractivity contribution in [3.8, 4) is 23.0 Å². The van der Waals surface area contributed by atoms with Crippen LogP contribution in [0, 0.1) is 0 Å². The van der Waals surface area contributed by atoms with Gasteiger partial charge in [0.1, 0.15) is 12.6 Å². The molecule has 1 aromatic carbocycles. The van der Waals surface area contributed by atoms with Gasteiger partial charge in [-0.05, 0) is 39.3 Å². The summed E-state index contributed by atoms with van der Waals surface area (Å²) >= 11 is 1.34. The standard InChI is InChI=1S/C22H25N7O5S2/c1-22(2,3)28-36(30,31)8-4-6-29-19-17(18(23)25-11-26-19)27-21(29)35-16-10-15-14(33-12-34-15)9-13(16)20-24-5-7-32-20/h5,7,9-11,28H,4,6,8,12H2,1-3H3,(H2,23,25,26). The van der Waals surface area contributed by atoms with E-state index >= 15 is 0 Å². The monoisotopic (exact) mass is 531 g/mol. The van der Waals surface area contributed by atoms with Gasteiger partial charge in [0.05, 0.1) is 17.5 Å². The van der Waals surface area contributed by atoms with Gasteiger partial charge >= 0.3 is 0 Å². The van der Waals surface area contributed by atoms with Crippen LogP contribution in [0.3, 0.4) is 0 Å². The molecule has 3 N–H and O–H groups in total. The zero-order valence-corrected chi connectivity index (χ0v) is 21.5. The summed E-state index contributed by atoms with van der Waals surface area (Å²) in [6, 6.07) is 3.64. The lowest BCUT2D eigenvalue weighted by molar-refractivity contribution is 0.174. The Morgan fingerprint density at radius 2 is 1.94 bits per heavy atom. The fraction of sp³-hybridized carbons (Fsp3) is 0.364. The third-order valence-corrected chi connectivity index (χ3v) is 7.92. The number of sulfonamides is 1. The minimum atomic E-state index is -3.47. The number of nitrogens with zero attached hydrogens (tertiary/aromatic N) is 5. The fourth-order valence-electron chi connectivity index (χ4n) is 3.77. The van der Waals surface area contributed by atoms with E-state index in [9.17, 15) is 8.42 Å². The van der Waals surface area contributed by atoms with Crippen LogP contribution in [-0.2, 0) is 16.6 Å². The summed E-state index contributed by atoms with van der Waals surface area (Å²) in [5, 5.41) is 0.560. The Bertz CT molecular complexity index is 1510. The van der Waals surface area contributed by atoms with Crippen molar-refractivity contribution < 1.29 is 22.3 Å². The normalized spacial score (nSPS) is 13.5. The highest BCUT2D eigenvalue weighted by molar-refractivity contribution is 7.99. The third kappa shape index (κ3) is 5.10. The molecule has 3 aromatic heterocycles. The molecule has 0 spiro atoms. The molecule has 0 radical (unpaired) electrons. The predicted octanol–water partition coefficient (Wildman–Crippen LogP) is 3.05. The van der Waals surface area contributed by atoms with Gasteiger partial charge in [0.2, 0.25) is 22.7 Å². The maximum atomic E-state index is 12.5. The number of ether oxygens (including phenoxy) is 2. The summed E-state index contributed by atoms with van der Waals surface area (Å²) in [6.07, 6.45) is 4.75. The SMILES string of the molecule is CC(C)(C)NS(=O)(=O)CCCn1c(Sc2cc3c(cc2-c2ncco2)OCO3)nc2c(N)ncnc21. The van der Waals surface area contributed by atoms with E-state index < -0.39 is 15.6 Å². The van der Waals surface area contributed by atoms with Gasteiger partial charge in [-0.15, -0.1) is 0 Å². The lowest BCUT2D eigenvalue weighted by atomic mass is 10.1. The van der Waals surface area contributed by atoms with Crippen molar-refractivity contribution in [2.45, 2.75) is 49.3 Å². The highest BCUT2D eigenvalue weighted by Gasteiger charge is 2.24. The first-order valence-corrected chi connectivity index (χ1v) is 13.6. The van der Waals surface area contributed by atoms with E-state index in [0.717, 1.165) is 4.90 Å². The van der Waals surface area contributed by atoms with Crippen LogP contribution in [0.15, 0.2) is 45.4 Å². The summed E-state index contributed by atoms with van der Waals surface area (Å²) < 4.78 is 46.2. The molecule has 36 heavy (non-hydrogen) atoms. The summed E-state index contributed by atoms with van der Waals surface area (Å²) in [5.41, 5.74) is 7.17. The smallest absolute Gasteiger partial charge is 0.231 e. The van der Waals surface area contributed by atoms with Crippen LogP contribution in [0.25, 0.3) is 22.6 Å². The van der Waals surface area contributed by atoms with Crippen molar-refractivity contribution >= 4 is 38.8 Å². The number of rotatable bonds is 8. The van der Waals surface area contributed by atoms with Crippen molar-refractivity contribution in [2.24, 2.45) is 0 Å². The molecule has 1 aliphatic heterocycles. The number of hydrogen-bond acceptors (Lipinski definition) is 11. The number of benzene rings is 1. The molecule has 0 amide bonds. The highest BCUT2D eigenvalue weighted by Crippen LogP contribution is 2.44. The van der Waals surface area contributed by atoms with Gasteiger partial charge in [-0.2, -0.15) is 0 Å². The molecule has 0 saturated heterocycles. The second kappa shape index (κ2) is 9.26. The first-order valence-electron chi connectivity index (χ1n) is 11.1. The van der Waals surface area contributed by atoms with E-state index in [0.29, 0.717) is 52.2 Å². The summed E-state index contributed by atoms with van der Waals surface area (Å²) in [4.78, 5) is 18.1. The Morgan fingerprint density at radius 3 is 2.67 bits per heavy atom. The zero-order chi connectivity index (χ0) is 25.5. The Morgan fingerprint density at radius 1 is 1.17 bits per heavy atom. The van der Waals surface area contributed by atoms with Crippen LogP contribution in [0.4, 0.5) is 5.82 Å². The van der Waals surface area contributed by atoms with Crippen molar-refractivity contribution in [3.63, 3.8) is 0 Å². The Hall–Kier alpha value is -3.36. The summed E-state index contributed by atoms with van der Waals surface area (Å²) in [7, 11) is -3.47. The number of nitrogen functional groups attached to an aromatic ring is 1. The molecule has 12 nitrogen and oxygen atoms in total. The van der Waals surface area contributed by atoms with E-state index in [2.05, 4.69) is 24.7 Å². The Balaban J connectivity index is 1.50. The van der Waals surface area contributed by atoms with Crippen LogP contribution in [0.2, 0.25) is 0 Å². The van der Waals surface area contributed by atoms with Crippen LogP contribution in [-0.4, -0.2) is 51.0 Å². The molecule has 4 aromatic rings. The number of oxazole rings is 1. The van der Waals surface area contributed by atoms with Crippen LogP contribution >= 0.6 is 11.8 Å². The number of aryl methyl sites for hydroxylation is 1. The quantitative estimate of drug-likeness (QED) is 0.344. The topological polar surface area (TPSA) is 160 Å². The maximum absolute atomic E-state index is 12.5. The molecule has 0 fully saturated rings. The number of aromatic nitrogens is 5. The molecule has 4 heterocycles. The van der Waals surface area contributed by atoms with E-state index in [1.807, 2.05) is 16.7 Å². The van der Waals surface area contributed by atoms with E-state index in [-0.39, 0.29) is 18.4 Å². The van der Waals surface area contributed by atoms with Crippen LogP contribution < -0.4 is 19.9 Å². The average Bonchev–Trinajstić information content (AvgIpc) is 3.52. The maximum Gasteiger partial charge on any atom is 0.231 e. The van der Waals surface area contributed by atoms with E-state index in [1.165, 1.54) is 24.4 Å². The molecular formula is C22H25N7O5S2. The number of hydrogen-bond donors (Lipinski definition) is 2. The number of fused-ring (bicyclic) bond motifs is 2. The molecular weight excluding hydrogens is 506 g/mol. The third-order valence-electron chi connectivity index (χ3n) is 5.12. The molecule has 0 atom stereocenters. The van der Waals surface area contributed by atoms with Crippen molar-refractivity contribution in [3.05, 3.63) is 30.9 Å². The van der Waals surface area contributed by atoms with E-state index in [1.54, 1.807) is 27.0 Å². The molecule has 5 rings (SSSR count). The first kappa shape index (κ1) is 24.3. The molecule has 14 heteroatoms. The van der Waals surface area contributed by atoms with Crippen molar-refractivity contribution in [1.82, 2.24) is 29.2 Å². The van der Waals surface area contributed by atoms with Gasteiger partial charge in [-0.25, -0.2) is 33.1 Å².